The van der Waals surface area contributed by atoms with Gasteiger partial charge >= 0.3 is 6.03 Å². The van der Waals surface area contributed by atoms with Gasteiger partial charge in [-0.2, -0.15) is 0 Å². The molecule has 25 heavy (non-hydrogen) atoms. The highest BCUT2D eigenvalue weighted by Gasteiger charge is 2.26. The van der Waals surface area contributed by atoms with Gasteiger partial charge in [0.2, 0.25) is 0 Å². The SMILES string of the molecule is Cc1ccc([N+](=O)[O-])c(C)c1NC(=O)N1CCC(c2cnc[nH]2)CC1. The molecule has 2 amide bonds. The lowest BCUT2D eigenvalue weighted by Gasteiger charge is -2.31. The lowest BCUT2D eigenvalue weighted by atomic mass is 9.94. The minimum absolute atomic E-state index is 0.0128. The lowest BCUT2D eigenvalue weighted by molar-refractivity contribution is -0.385. The molecule has 0 radical (unpaired) electrons. The molecule has 0 atom stereocenters. The Labute approximate surface area is 145 Å². The molecule has 1 aliphatic heterocycles. The summed E-state index contributed by atoms with van der Waals surface area (Å²) in [7, 11) is 0. The predicted octanol–water partition coefficient (Wildman–Crippen LogP) is 3.35. The van der Waals surface area contributed by atoms with Crippen molar-refractivity contribution in [2.24, 2.45) is 0 Å². The van der Waals surface area contributed by atoms with E-state index in [0.717, 1.165) is 24.1 Å². The van der Waals surface area contributed by atoms with Crippen LogP contribution >= 0.6 is 0 Å². The maximum atomic E-state index is 12.6. The number of piperidine rings is 1. The average molecular weight is 343 g/mol. The van der Waals surface area contributed by atoms with E-state index in [-0.39, 0.29) is 11.7 Å². The fraction of sp³-hybridized carbons (Fsp3) is 0.412. The van der Waals surface area contributed by atoms with E-state index < -0.39 is 4.92 Å². The molecule has 8 heteroatoms. The normalized spacial score (nSPS) is 15.2. The third-order valence-electron chi connectivity index (χ3n) is 4.81. The molecule has 3 rings (SSSR count). The molecule has 0 spiro atoms. The van der Waals surface area contributed by atoms with Crippen molar-refractivity contribution in [2.75, 3.05) is 18.4 Å². The maximum Gasteiger partial charge on any atom is 0.321 e. The molecular weight excluding hydrogens is 322 g/mol. The zero-order valence-electron chi connectivity index (χ0n) is 14.3. The van der Waals surface area contributed by atoms with Gasteiger partial charge in [0.25, 0.3) is 5.69 Å². The monoisotopic (exact) mass is 343 g/mol. The van der Waals surface area contributed by atoms with Crippen LogP contribution in [0.15, 0.2) is 24.7 Å². The standard InChI is InChI=1S/C17H21N5O3/c1-11-3-4-15(22(24)25)12(2)16(11)20-17(23)21-7-5-13(6-8-21)14-9-18-10-19-14/h3-4,9-10,13H,5-8H2,1-2H3,(H,18,19)(H,20,23). The van der Waals surface area contributed by atoms with Crippen LogP contribution in [0.1, 0.15) is 35.6 Å². The first-order valence-corrected chi connectivity index (χ1v) is 8.26. The molecule has 8 nitrogen and oxygen atoms in total. The largest absolute Gasteiger partial charge is 0.348 e. The minimum atomic E-state index is -0.430. The number of hydrogen-bond acceptors (Lipinski definition) is 4. The van der Waals surface area contributed by atoms with Crippen LogP contribution in [0, 0.1) is 24.0 Å². The number of anilines is 1. The van der Waals surface area contributed by atoms with Crippen LogP contribution in [-0.2, 0) is 0 Å². The molecule has 2 heterocycles. The first-order valence-electron chi connectivity index (χ1n) is 8.26. The van der Waals surface area contributed by atoms with Gasteiger partial charge in [-0.15, -0.1) is 0 Å². The molecule has 132 valence electrons. The molecule has 1 saturated heterocycles. The van der Waals surface area contributed by atoms with Gasteiger partial charge in [-0.25, -0.2) is 9.78 Å². The molecule has 1 aliphatic rings. The van der Waals surface area contributed by atoms with Gasteiger partial charge in [0.05, 0.1) is 22.5 Å². The van der Waals surface area contributed by atoms with Crippen molar-refractivity contribution in [2.45, 2.75) is 32.6 Å². The molecule has 0 aliphatic carbocycles. The van der Waals surface area contributed by atoms with Gasteiger partial charge in [0.1, 0.15) is 0 Å². The highest BCUT2D eigenvalue weighted by atomic mass is 16.6. The molecule has 1 aromatic carbocycles. The predicted molar refractivity (Wildman–Crippen MR) is 93.7 cm³/mol. The third kappa shape index (κ3) is 3.47. The molecule has 2 N–H and O–H groups in total. The number of aromatic nitrogens is 2. The highest BCUT2D eigenvalue weighted by molar-refractivity contribution is 5.92. The molecule has 1 fully saturated rings. The quantitative estimate of drug-likeness (QED) is 0.658. The van der Waals surface area contributed by atoms with Gasteiger partial charge < -0.3 is 15.2 Å². The van der Waals surface area contributed by atoms with Gasteiger partial charge in [-0.3, -0.25) is 10.1 Å². The van der Waals surface area contributed by atoms with E-state index in [1.165, 1.54) is 6.07 Å². The van der Waals surface area contributed by atoms with Crippen molar-refractivity contribution >= 4 is 17.4 Å². The first-order chi connectivity index (χ1) is 12.0. The maximum absolute atomic E-state index is 12.6. The van der Waals surface area contributed by atoms with E-state index >= 15 is 0 Å². The number of nitrogens with zero attached hydrogens (tertiary/aromatic N) is 3. The van der Waals surface area contributed by atoms with Crippen molar-refractivity contribution in [3.8, 4) is 0 Å². The van der Waals surface area contributed by atoms with Crippen molar-refractivity contribution in [1.29, 1.82) is 0 Å². The molecule has 2 aromatic rings. The van der Waals surface area contributed by atoms with Crippen LogP contribution in [0.25, 0.3) is 0 Å². The molecule has 0 saturated carbocycles. The van der Waals surface area contributed by atoms with Crippen molar-refractivity contribution in [3.63, 3.8) is 0 Å². The van der Waals surface area contributed by atoms with Crippen LogP contribution in [0.3, 0.4) is 0 Å². The summed E-state index contributed by atoms with van der Waals surface area (Å²) < 4.78 is 0. The number of aryl methyl sites for hydroxylation is 1. The number of carbonyl (C=O) groups is 1. The first kappa shape index (κ1) is 16.9. The fourth-order valence-electron chi connectivity index (χ4n) is 3.30. The number of urea groups is 1. The molecule has 1 aromatic heterocycles. The smallest absolute Gasteiger partial charge is 0.321 e. The fourth-order valence-corrected chi connectivity index (χ4v) is 3.30. The van der Waals surface area contributed by atoms with Gasteiger partial charge in [-0.1, -0.05) is 6.07 Å². The van der Waals surface area contributed by atoms with Crippen molar-refractivity contribution in [1.82, 2.24) is 14.9 Å². The number of nitro benzene ring substituents is 1. The Balaban J connectivity index is 1.67. The number of amides is 2. The summed E-state index contributed by atoms with van der Waals surface area (Å²) in [5.41, 5.74) is 2.92. The number of nitrogens with one attached hydrogen (secondary N) is 2. The van der Waals surface area contributed by atoms with Crippen LogP contribution in [0.4, 0.5) is 16.2 Å². The van der Waals surface area contributed by atoms with Crippen LogP contribution in [-0.4, -0.2) is 38.9 Å². The Morgan fingerprint density at radius 3 is 2.68 bits per heavy atom. The Hall–Kier alpha value is -2.90. The summed E-state index contributed by atoms with van der Waals surface area (Å²) in [4.78, 5) is 32.2. The number of H-pyrrole nitrogens is 1. The Kier molecular flexibility index (Phi) is 4.69. The summed E-state index contributed by atoms with van der Waals surface area (Å²) in [6, 6.07) is 2.91. The molecule has 0 bridgehead atoms. The molecule has 0 unspecified atom stereocenters. The number of benzene rings is 1. The zero-order valence-corrected chi connectivity index (χ0v) is 14.3. The number of likely N-dealkylation sites (tertiary alicyclic amines) is 1. The van der Waals surface area contributed by atoms with E-state index in [1.54, 1.807) is 24.2 Å². The van der Waals surface area contributed by atoms with E-state index in [1.807, 2.05) is 13.1 Å². The van der Waals surface area contributed by atoms with Crippen LogP contribution in [0.2, 0.25) is 0 Å². The Morgan fingerprint density at radius 1 is 1.36 bits per heavy atom. The molecular formula is C17H21N5O3. The zero-order chi connectivity index (χ0) is 18.0. The number of rotatable bonds is 3. The van der Waals surface area contributed by atoms with Crippen molar-refractivity contribution in [3.05, 3.63) is 51.6 Å². The summed E-state index contributed by atoms with van der Waals surface area (Å²) in [6.07, 6.45) is 5.23. The van der Waals surface area contributed by atoms with Crippen LogP contribution < -0.4 is 5.32 Å². The Bertz CT molecular complexity index is 780. The average Bonchev–Trinajstić information content (AvgIpc) is 3.13. The van der Waals surface area contributed by atoms with Gasteiger partial charge in [0.15, 0.2) is 0 Å². The van der Waals surface area contributed by atoms with E-state index in [9.17, 15) is 14.9 Å². The van der Waals surface area contributed by atoms with Crippen LogP contribution in [0.5, 0.6) is 0 Å². The number of hydrogen-bond donors (Lipinski definition) is 2. The second-order valence-electron chi connectivity index (χ2n) is 6.36. The second-order valence-corrected chi connectivity index (χ2v) is 6.36. The summed E-state index contributed by atoms with van der Waals surface area (Å²) >= 11 is 0. The number of nitro groups is 1. The van der Waals surface area contributed by atoms with E-state index in [2.05, 4.69) is 15.3 Å². The summed E-state index contributed by atoms with van der Waals surface area (Å²) in [5, 5.41) is 14.0. The third-order valence-corrected chi connectivity index (χ3v) is 4.81. The summed E-state index contributed by atoms with van der Waals surface area (Å²) in [5.74, 6) is 0.382. The highest BCUT2D eigenvalue weighted by Crippen LogP contribution is 2.30. The Morgan fingerprint density at radius 2 is 2.08 bits per heavy atom. The van der Waals surface area contributed by atoms with E-state index in [4.69, 9.17) is 0 Å². The van der Waals surface area contributed by atoms with E-state index in [0.29, 0.717) is 30.3 Å². The van der Waals surface area contributed by atoms with Crippen molar-refractivity contribution < 1.29 is 9.72 Å². The minimum Gasteiger partial charge on any atom is -0.348 e. The number of aromatic amines is 1. The lowest BCUT2D eigenvalue weighted by Crippen LogP contribution is -2.40. The topological polar surface area (TPSA) is 104 Å². The number of carbonyl (C=O) groups excluding carboxylic acids is 1. The van der Waals surface area contributed by atoms with Gasteiger partial charge in [-0.05, 0) is 32.3 Å². The summed E-state index contributed by atoms with van der Waals surface area (Å²) in [6.45, 7) is 4.77. The second kappa shape index (κ2) is 6.92. The number of imidazole rings is 1. The van der Waals surface area contributed by atoms with Gasteiger partial charge in [0, 0.05) is 37.0 Å².